The molecule has 4 aliphatic rings. The first-order chi connectivity index (χ1) is 10.9. The molecule has 0 saturated heterocycles. The maximum Gasteiger partial charge on any atom is 0.00957 e. The molecule has 0 spiro atoms. The zero-order valence-corrected chi connectivity index (χ0v) is 15.9. The maximum absolute atomic E-state index is 6.62. The fourth-order valence-corrected chi connectivity index (χ4v) is 7.96. The average Bonchev–Trinajstić information content (AvgIpc) is 2.81. The Kier molecular flexibility index (Phi) is 4.11. The van der Waals surface area contributed by atoms with Gasteiger partial charge in [0.15, 0.2) is 0 Å². The molecule has 0 bridgehead atoms. The van der Waals surface area contributed by atoms with Crippen LogP contribution in [0.15, 0.2) is 0 Å². The van der Waals surface area contributed by atoms with E-state index in [0.29, 0.717) is 11.5 Å². The Morgan fingerprint density at radius 1 is 0.957 bits per heavy atom. The van der Waals surface area contributed by atoms with Crippen LogP contribution in [0.3, 0.4) is 0 Å². The van der Waals surface area contributed by atoms with E-state index in [-0.39, 0.29) is 0 Å². The molecule has 0 amide bonds. The number of hydrogen-bond acceptors (Lipinski definition) is 1. The molecule has 0 radical (unpaired) electrons. The van der Waals surface area contributed by atoms with Crippen LogP contribution in [-0.2, 0) is 0 Å². The first-order valence-corrected chi connectivity index (χ1v) is 10.7. The quantitative estimate of drug-likeness (QED) is 0.680. The number of nitrogens with two attached hydrogens (primary N) is 1. The second-order valence-electron chi connectivity index (χ2n) is 10.6. The van der Waals surface area contributed by atoms with Crippen LogP contribution in [0.5, 0.6) is 0 Å². The molecule has 2 N–H and O–H groups in total. The van der Waals surface area contributed by atoms with Crippen LogP contribution >= 0.6 is 0 Å². The van der Waals surface area contributed by atoms with E-state index in [1.165, 1.54) is 51.4 Å². The molecule has 0 aromatic heterocycles. The van der Waals surface area contributed by atoms with Gasteiger partial charge in [-0.2, -0.15) is 0 Å². The Labute approximate surface area is 144 Å². The monoisotopic (exact) mass is 317 g/mol. The van der Waals surface area contributed by atoms with Gasteiger partial charge in [0, 0.05) is 6.04 Å². The van der Waals surface area contributed by atoms with Gasteiger partial charge in [-0.3, -0.25) is 0 Å². The normalized spacial score (nSPS) is 56.1. The summed E-state index contributed by atoms with van der Waals surface area (Å²) in [6, 6.07) is 0.477. The minimum absolute atomic E-state index is 0.461. The summed E-state index contributed by atoms with van der Waals surface area (Å²) >= 11 is 0. The Bertz CT molecular complexity index is 443. The van der Waals surface area contributed by atoms with Crippen molar-refractivity contribution in [1.82, 2.24) is 0 Å². The molecule has 132 valence electrons. The molecule has 4 fully saturated rings. The lowest BCUT2D eigenvalue weighted by Crippen LogP contribution is -2.54. The van der Waals surface area contributed by atoms with Crippen molar-refractivity contribution in [3.63, 3.8) is 0 Å². The van der Waals surface area contributed by atoms with E-state index in [2.05, 4.69) is 27.7 Å². The fraction of sp³-hybridized carbons (Fsp3) is 1.00. The second kappa shape index (κ2) is 5.75. The van der Waals surface area contributed by atoms with Crippen LogP contribution in [0.25, 0.3) is 0 Å². The number of fused-ring (bicyclic) bond motifs is 5. The third kappa shape index (κ3) is 2.43. The van der Waals surface area contributed by atoms with Crippen molar-refractivity contribution in [3.8, 4) is 0 Å². The van der Waals surface area contributed by atoms with Crippen molar-refractivity contribution >= 4 is 0 Å². The largest absolute Gasteiger partial charge is 0.327 e. The molecule has 9 unspecified atom stereocenters. The van der Waals surface area contributed by atoms with Gasteiger partial charge in [0.05, 0.1) is 0 Å². The number of hydrogen-bond donors (Lipinski definition) is 1. The molecule has 9 atom stereocenters. The van der Waals surface area contributed by atoms with E-state index in [9.17, 15) is 0 Å². The molecule has 0 aromatic rings. The Morgan fingerprint density at radius 2 is 1.74 bits per heavy atom. The fourth-order valence-electron chi connectivity index (χ4n) is 7.96. The Hall–Kier alpha value is -0.0400. The highest BCUT2D eigenvalue weighted by atomic mass is 14.8. The van der Waals surface area contributed by atoms with Crippen LogP contribution in [0.4, 0.5) is 0 Å². The molecule has 0 aromatic carbocycles. The molecule has 4 saturated carbocycles. The van der Waals surface area contributed by atoms with Gasteiger partial charge in [-0.1, -0.05) is 34.1 Å². The molecular formula is C22H39N. The first kappa shape index (κ1) is 16.4. The molecule has 4 aliphatic carbocycles. The highest BCUT2D eigenvalue weighted by Crippen LogP contribution is 2.64. The Morgan fingerprint density at radius 3 is 2.48 bits per heavy atom. The third-order valence-electron chi connectivity index (χ3n) is 9.24. The molecular weight excluding hydrogens is 278 g/mol. The van der Waals surface area contributed by atoms with E-state index in [1.54, 1.807) is 0 Å². The summed E-state index contributed by atoms with van der Waals surface area (Å²) in [6.07, 6.45) is 11.7. The molecule has 1 heteroatoms. The molecule has 4 rings (SSSR count). The zero-order valence-electron chi connectivity index (χ0n) is 15.9. The van der Waals surface area contributed by atoms with E-state index >= 15 is 0 Å². The lowest BCUT2D eigenvalue weighted by Gasteiger charge is -2.59. The van der Waals surface area contributed by atoms with Crippen LogP contribution in [0, 0.1) is 52.8 Å². The van der Waals surface area contributed by atoms with Crippen LogP contribution in [0.2, 0.25) is 0 Å². The van der Waals surface area contributed by atoms with Gasteiger partial charge in [-0.05, 0) is 97.7 Å². The zero-order chi connectivity index (χ0) is 16.4. The summed E-state index contributed by atoms with van der Waals surface area (Å²) in [7, 11) is 0. The van der Waals surface area contributed by atoms with Crippen LogP contribution < -0.4 is 5.73 Å². The van der Waals surface area contributed by atoms with Gasteiger partial charge < -0.3 is 5.73 Å². The summed E-state index contributed by atoms with van der Waals surface area (Å²) < 4.78 is 0. The number of rotatable bonds is 1. The summed E-state index contributed by atoms with van der Waals surface area (Å²) in [6.45, 7) is 10.1. The van der Waals surface area contributed by atoms with E-state index in [0.717, 1.165) is 47.3 Å². The topological polar surface area (TPSA) is 26.0 Å². The minimum atomic E-state index is 0.461. The smallest absolute Gasteiger partial charge is 0.00957 e. The van der Waals surface area contributed by atoms with E-state index in [4.69, 9.17) is 5.73 Å². The van der Waals surface area contributed by atoms with Gasteiger partial charge in [-0.25, -0.2) is 0 Å². The maximum atomic E-state index is 6.62. The van der Waals surface area contributed by atoms with E-state index < -0.39 is 0 Å². The van der Waals surface area contributed by atoms with Crippen molar-refractivity contribution in [2.45, 2.75) is 85.1 Å². The molecule has 1 nitrogen and oxygen atoms in total. The predicted octanol–water partition coefficient (Wildman–Crippen LogP) is 5.48. The SMILES string of the molecule is CC1CCC2C(C1)CC(C(C)C)C1C2CCC2(C)C(N)CCC12. The standard InChI is InChI=1S/C22H39N/c1-13(2)18-12-15-11-14(3)5-6-16(15)17-9-10-22(4)19(21(17)18)7-8-20(22)23/h13-21H,5-12,23H2,1-4H3. The van der Waals surface area contributed by atoms with E-state index in [1.807, 2.05) is 0 Å². The van der Waals surface area contributed by atoms with Gasteiger partial charge in [-0.15, -0.1) is 0 Å². The molecule has 0 aliphatic heterocycles. The third-order valence-corrected chi connectivity index (χ3v) is 9.24. The van der Waals surface area contributed by atoms with Gasteiger partial charge in [0.1, 0.15) is 0 Å². The van der Waals surface area contributed by atoms with Gasteiger partial charge in [0.2, 0.25) is 0 Å². The lowest BCUT2D eigenvalue weighted by molar-refractivity contribution is -0.102. The van der Waals surface area contributed by atoms with Crippen molar-refractivity contribution in [1.29, 1.82) is 0 Å². The van der Waals surface area contributed by atoms with Crippen molar-refractivity contribution < 1.29 is 0 Å². The minimum Gasteiger partial charge on any atom is -0.327 e. The van der Waals surface area contributed by atoms with Gasteiger partial charge in [0.25, 0.3) is 0 Å². The average molecular weight is 318 g/mol. The van der Waals surface area contributed by atoms with Crippen molar-refractivity contribution in [2.24, 2.45) is 58.5 Å². The highest BCUT2D eigenvalue weighted by molar-refractivity contribution is 5.09. The van der Waals surface area contributed by atoms with Crippen LogP contribution in [-0.4, -0.2) is 6.04 Å². The summed E-state index contributed by atoms with van der Waals surface area (Å²) in [5, 5.41) is 0. The lowest BCUT2D eigenvalue weighted by atomic mass is 9.46. The summed E-state index contributed by atoms with van der Waals surface area (Å²) in [5.41, 5.74) is 7.08. The summed E-state index contributed by atoms with van der Waals surface area (Å²) in [4.78, 5) is 0. The van der Waals surface area contributed by atoms with Gasteiger partial charge >= 0.3 is 0 Å². The van der Waals surface area contributed by atoms with Crippen LogP contribution in [0.1, 0.15) is 79.1 Å². The van der Waals surface area contributed by atoms with Crippen molar-refractivity contribution in [3.05, 3.63) is 0 Å². The second-order valence-corrected chi connectivity index (χ2v) is 10.6. The summed E-state index contributed by atoms with van der Waals surface area (Å²) in [5.74, 6) is 7.90. The van der Waals surface area contributed by atoms with Crippen molar-refractivity contribution in [2.75, 3.05) is 0 Å². The molecule has 23 heavy (non-hydrogen) atoms. The predicted molar refractivity (Wildman–Crippen MR) is 98.0 cm³/mol. The molecule has 0 heterocycles. The first-order valence-electron chi connectivity index (χ1n) is 10.7. The Balaban J connectivity index is 1.66. The highest BCUT2D eigenvalue weighted by Gasteiger charge is 2.58.